The van der Waals surface area contributed by atoms with Crippen molar-refractivity contribution in [3.05, 3.63) is 18.2 Å². The van der Waals surface area contributed by atoms with E-state index in [-0.39, 0.29) is 24.1 Å². The third-order valence-corrected chi connectivity index (χ3v) is 2.55. The van der Waals surface area contributed by atoms with Crippen LogP contribution in [0.4, 0.5) is 0 Å². The lowest BCUT2D eigenvalue weighted by atomic mass is 10.4. The van der Waals surface area contributed by atoms with Crippen molar-refractivity contribution < 1.29 is 9.59 Å². The van der Waals surface area contributed by atoms with Crippen LogP contribution in [0.2, 0.25) is 0 Å². The molecule has 3 N–H and O–H groups in total. The third-order valence-electron chi connectivity index (χ3n) is 2.55. The van der Waals surface area contributed by atoms with E-state index in [9.17, 15) is 9.59 Å². The maximum Gasteiger partial charge on any atom is 0.271 e. The van der Waals surface area contributed by atoms with Crippen LogP contribution in [0.15, 0.2) is 12.5 Å². The van der Waals surface area contributed by atoms with E-state index in [1.807, 2.05) is 6.92 Å². The molecule has 0 spiro atoms. The Balaban J connectivity index is 2.47. The number of hydrogen-bond donors (Lipinski definition) is 2. The van der Waals surface area contributed by atoms with Crippen LogP contribution in [-0.2, 0) is 11.3 Å². The van der Waals surface area contributed by atoms with E-state index in [1.54, 1.807) is 24.1 Å². The molecule has 18 heavy (non-hydrogen) atoms. The molecule has 0 radical (unpaired) electrons. The number of aromatic nitrogens is 2. The number of hydrogen-bond acceptors (Lipinski definition) is 4. The molecule has 0 bridgehead atoms. The Morgan fingerprint density at radius 2 is 2.28 bits per heavy atom. The van der Waals surface area contributed by atoms with Crippen LogP contribution in [0.25, 0.3) is 0 Å². The molecule has 0 unspecified atom stereocenters. The molecule has 7 nitrogen and oxygen atoms in total. The standard InChI is InChI=1S/C11H19N5O2/c1-3-15(2)10(17)6-13-11(18)9-7-16(5-4-12)8-14-9/h7-8H,3-6,12H2,1-2H3,(H,13,18). The molecule has 7 heteroatoms. The van der Waals surface area contributed by atoms with Crippen molar-refractivity contribution in [2.24, 2.45) is 5.73 Å². The van der Waals surface area contributed by atoms with Gasteiger partial charge >= 0.3 is 0 Å². The van der Waals surface area contributed by atoms with E-state index >= 15 is 0 Å². The molecule has 0 fully saturated rings. The van der Waals surface area contributed by atoms with Gasteiger partial charge in [0.1, 0.15) is 5.69 Å². The molecule has 0 aliphatic heterocycles. The van der Waals surface area contributed by atoms with E-state index in [1.165, 1.54) is 4.90 Å². The van der Waals surface area contributed by atoms with Gasteiger partial charge in [0.2, 0.25) is 5.91 Å². The SMILES string of the molecule is CCN(C)C(=O)CNC(=O)c1cn(CCN)cn1. The van der Waals surface area contributed by atoms with Crippen molar-refractivity contribution in [3.63, 3.8) is 0 Å². The Labute approximate surface area is 106 Å². The Kier molecular flexibility index (Phi) is 5.31. The Bertz CT molecular complexity index is 415. The van der Waals surface area contributed by atoms with Crippen LogP contribution in [0.5, 0.6) is 0 Å². The predicted molar refractivity (Wildman–Crippen MR) is 66.9 cm³/mol. The van der Waals surface area contributed by atoms with Crippen molar-refractivity contribution in [1.29, 1.82) is 0 Å². The zero-order valence-electron chi connectivity index (χ0n) is 10.7. The summed E-state index contributed by atoms with van der Waals surface area (Å²) in [4.78, 5) is 28.7. The first-order valence-corrected chi connectivity index (χ1v) is 5.82. The number of carbonyl (C=O) groups is 2. The van der Waals surface area contributed by atoms with Gasteiger partial charge < -0.3 is 20.5 Å². The highest BCUT2D eigenvalue weighted by atomic mass is 16.2. The van der Waals surface area contributed by atoms with Crippen LogP contribution >= 0.6 is 0 Å². The van der Waals surface area contributed by atoms with Crippen molar-refractivity contribution >= 4 is 11.8 Å². The molecule has 1 heterocycles. The molecule has 0 saturated carbocycles. The van der Waals surface area contributed by atoms with Gasteiger partial charge in [0.05, 0.1) is 12.9 Å². The second-order valence-corrected chi connectivity index (χ2v) is 3.88. The Morgan fingerprint density at radius 3 is 2.89 bits per heavy atom. The highest BCUT2D eigenvalue weighted by molar-refractivity contribution is 5.94. The van der Waals surface area contributed by atoms with E-state index in [2.05, 4.69) is 10.3 Å². The topological polar surface area (TPSA) is 93.2 Å². The Hall–Kier alpha value is -1.89. The number of carbonyl (C=O) groups excluding carboxylic acids is 2. The van der Waals surface area contributed by atoms with Gasteiger partial charge in [0, 0.05) is 32.9 Å². The summed E-state index contributed by atoms with van der Waals surface area (Å²) in [7, 11) is 1.68. The van der Waals surface area contributed by atoms with E-state index in [0.717, 1.165) is 0 Å². The lowest BCUT2D eigenvalue weighted by Crippen LogP contribution is -2.38. The molecular formula is C11H19N5O2. The number of nitrogens with one attached hydrogen (secondary N) is 1. The molecule has 1 aromatic heterocycles. The van der Waals surface area contributed by atoms with Crippen LogP contribution < -0.4 is 11.1 Å². The van der Waals surface area contributed by atoms with Crippen molar-refractivity contribution in [1.82, 2.24) is 19.8 Å². The summed E-state index contributed by atoms with van der Waals surface area (Å²) in [5, 5.41) is 2.53. The van der Waals surface area contributed by atoms with Crippen molar-refractivity contribution in [2.75, 3.05) is 26.7 Å². The molecule has 0 saturated heterocycles. The number of nitrogens with two attached hydrogens (primary N) is 1. The molecule has 0 aromatic carbocycles. The molecule has 0 aliphatic rings. The molecule has 2 amide bonds. The largest absolute Gasteiger partial charge is 0.345 e. The number of amides is 2. The number of nitrogens with zero attached hydrogens (tertiary/aromatic N) is 3. The number of imidazole rings is 1. The van der Waals surface area contributed by atoms with Crippen LogP contribution in [-0.4, -0.2) is 52.9 Å². The predicted octanol–water partition coefficient (Wildman–Crippen LogP) is -0.950. The fourth-order valence-corrected chi connectivity index (χ4v) is 1.31. The first-order valence-electron chi connectivity index (χ1n) is 5.82. The fraction of sp³-hybridized carbons (Fsp3) is 0.545. The van der Waals surface area contributed by atoms with Gasteiger partial charge in [0.15, 0.2) is 0 Å². The zero-order valence-corrected chi connectivity index (χ0v) is 10.7. The summed E-state index contributed by atoms with van der Waals surface area (Å²) in [6.07, 6.45) is 3.15. The molecule has 100 valence electrons. The lowest BCUT2D eigenvalue weighted by Gasteiger charge is -2.14. The molecule has 1 rings (SSSR count). The molecule has 1 aromatic rings. The van der Waals surface area contributed by atoms with Gasteiger partial charge in [-0.05, 0) is 6.92 Å². The van der Waals surface area contributed by atoms with Crippen LogP contribution in [0, 0.1) is 0 Å². The van der Waals surface area contributed by atoms with E-state index in [4.69, 9.17) is 5.73 Å². The average molecular weight is 253 g/mol. The second-order valence-electron chi connectivity index (χ2n) is 3.88. The monoisotopic (exact) mass is 253 g/mol. The van der Waals surface area contributed by atoms with Crippen LogP contribution in [0.3, 0.4) is 0 Å². The van der Waals surface area contributed by atoms with Gasteiger partial charge in [-0.1, -0.05) is 0 Å². The van der Waals surface area contributed by atoms with Gasteiger partial charge in [-0.3, -0.25) is 9.59 Å². The van der Waals surface area contributed by atoms with Gasteiger partial charge in [-0.15, -0.1) is 0 Å². The normalized spacial score (nSPS) is 10.2. The maximum atomic E-state index is 11.7. The summed E-state index contributed by atoms with van der Waals surface area (Å²) < 4.78 is 1.73. The Morgan fingerprint density at radius 1 is 1.56 bits per heavy atom. The maximum absolute atomic E-state index is 11.7. The molecule has 0 atom stereocenters. The summed E-state index contributed by atoms with van der Waals surface area (Å²) in [6.45, 7) is 3.55. The van der Waals surface area contributed by atoms with E-state index < -0.39 is 0 Å². The molecular weight excluding hydrogens is 234 g/mol. The van der Waals surface area contributed by atoms with Gasteiger partial charge in [-0.2, -0.15) is 0 Å². The lowest BCUT2D eigenvalue weighted by molar-refractivity contribution is -0.128. The summed E-state index contributed by atoms with van der Waals surface area (Å²) in [5.41, 5.74) is 5.68. The van der Waals surface area contributed by atoms with E-state index in [0.29, 0.717) is 19.6 Å². The first kappa shape index (κ1) is 14.2. The van der Waals surface area contributed by atoms with Gasteiger partial charge in [0.25, 0.3) is 5.91 Å². The van der Waals surface area contributed by atoms with Crippen molar-refractivity contribution in [2.45, 2.75) is 13.5 Å². The van der Waals surface area contributed by atoms with Crippen LogP contribution in [0.1, 0.15) is 17.4 Å². The minimum Gasteiger partial charge on any atom is -0.345 e. The van der Waals surface area contributed by atoms with Gasteiger partial charge in [-0.25, -0.2) is 4.98 Å². The number of rotatable bonds is 6. The minimum absolute atomic E-state index is 0.0209. The zero-order chi connectivity index (χ0) is 13.5. The summed E-state index contributed by atoms with van der Waals surface area (Å²) in [6, 6.07) is 0. The second kappa shape index (κ2) is 6.75. The highest BCUT2D eigenvalue weighted by Crippen LogP contribution is 1.95. The minimum atomic E-state index is -0.358. The van der Waals surface area contributed by atoms with Crippen molar-refractivity contribution in [3.8, 4) is 0 Å². The smallest absolute Gasteiger partial charge is 0.271 e. The fourth-order valence-electron chi connectivity index (χ4n) is 1.31. The number of likely N-dealkylation sites (N-methyl/N-ethyl adjacent to an activating group) is 1. The molecule has 0 aliphatic carbocycles. The summed E-state index contributed by atoms with van der Waals surface area (Å²) in [5.74, 6) is -0.490. The third kappa shape index (κ3) is 3.85. The summed E-state index contributed by atoms with van der Waals surface area (Å²) >= 11 is 0. The average Bonchev–Trinajstić information content (AvgIpc) is 2.83. The highest BCUT2D eigenvalue weighted by Gasteiger charge is 2.12. The first-order chi connectivity index (χ1) is 8.58. The quantitative estimate of drug-likeness (QED) is 0.683.